The maximum Gasteiger partial charge on any atom is 0.0880 e. The molecule has 0 fully saturated rings. The lowest BCUT2D eigenvalue weighted by Crippen LogP contribution is -2.42. The lowest BCUT2D eigenvalue weighted by molar-refractivity contribution is 0.369. The van der Waals surface area contributed by atoms with Crippen LogP contribution in [0, 0.1) is 0 Å². The van der Waals surface area contributed by atoms with Gasteiger partial charge in [-0.15, -0.1) is 0 Å². The van der Waals surface area contributed by atoms with Crippen LogP contribution < -0.4 is 5.73 Å². The summed E-state index contributed by atoms with van der Waals surface area (Å²) < 4.78 is 0. The van der Waals surface area contributed by atoms with Crippen LogP contribution >= 0.6 is 0 Å². The number of hydrogen-bond acceptors (Lipinski definition) is 4. The minimum absolute atomic E-state index is 0.466. The first-order chi connectivity index (χ1) is 4.10. The summed E-state index contributed by atoms with van der Waals surface area (Å²) in [5.41, 5.74) is 5.15. The highest BCUT2D eigenvalue weighted by Gasteiger charge is 2.15. The zero-order chi connectivity index (χ0) is 6.91. The predicted octanol–water partition coefficient (Wildman–Crippen LogP) is -0.379. The van der Waals surface area contributed by atoms with Crippen LogP contribution in [0.25, 0.3) is 0 Å². The molecule has 0 atom stereocenters. The molecule has 2 N–H and O–H groups in total. The molecule has 0 aromatic rings. The Labute approximate surface area is 54.0 Å². The molecule has 0 spiro atoms. The maximum absolute atomic E-state index is 5.61. The van der Waals surface area contributed by atoms with Gasteiger partial charge in [0.1, 0.15) is 0 Å². The second-order valence-electron chi connectivity index (χ2n) is 2.34. The van der Waals surface area contributed by atoms with Crippen molar-refractivity contribution in [3.8, 4) is 0 Å². The summed E-state index contributed by atoms with van der Waals surface area (Å²) in [5.74, 6) is 0. The average Bonchev–Trinajstić information content (AvgIpc) is 1.78. The molecule has 0 bridgehead atoms. The van der Waals surface area contributed by atoms with Gasteiger partial charge in [-0.1, -0.05) is 0 Å². The Morgan fingerprint density at radius 1 is 1.44 bits per heavy atom. The van der Waals surface area contributed by atoms with Crippen molar-refractivity contribution in [2.75, 3.05) is 7.05 Å². The van der Waals surface area contributed by atoms with Crippen molar-refractivity contribution < 1.29 is 0 Å². The third kappa shape index (κ3) is 1.50. The highest BCUT2D eigenvalue weighted by Crippen LogP contribution is 1.98. The minimum atomic E-state index is -0.466. The topological polar surface area (TPSA) is 54.0 Å². The van der Waals surface area contributed by atoms with E-state index in [-0.39, 0.29) is 0 Å². The minimum Gasteiger partial charge on any atom is -0.316 e. The van der Waals surface area contributed by atoms with Gasteiger partial charge in [0.25, 0.3) is 0 Å². The van der Waals surface area contributed by atoms with Gasteiger partial charge < -0.3 is 5.73 Å². The Morgan fingerprint density at radius 2 is 1.89 bits per heavy atom. The molecule has 1 aliphatic rings. The number of hydrogen-bond donors (Lipinski definition) is 1. The van der Waals surface area contributed by atoms with E-state index in [1.54, 1.807) is 19.5 Å². The first-order valence-corrected chi connectivity index (χ1v) is 2.73. The number of nitrogens with two attached hydrogens (primary N) is 1. The molecule has 4 heteroatoms. The molecule has 1 aliphatic heterocycles. The molecule has 4 nitrogen and oxygen atoms in total. The zero-order valence-electron chi connectivity index (χ0n) is 5.57. The second-order valence-corrected chi connectivity index (χ2v) is 2.34. The van der Waals surface area contributed by atoms with Gasteiger partial charge in [0, 0.05) is 7.05 Å². The van der Waals surface area contributed by atoms with Crippen LogP contribution in [0.4, 0.5) is 0 Å². The van der Waals surface area contributed by atoms with E-state index in [1.807, 2.05) is 6.92 Å². The van der Waals surface area contributed by atoms with Gasteiger partial charge in [0.2, 0.25) is 0 Å². The van der Waals surface area contributed by atoms with Crippen molar-refractivity contribution in [3.05, 3.63) is 0 Å². The van der Waals surface area contributed by atoms with Crippen molar-refractivity contribution >= 4 is 12.4 Å². The summed E-state index contributed by atoms with van der Waals surface area (Å²) >= 11 is 0. The largest absolute Gasteiger partial charge is 0.316 e. The third-order valence-corrected chi connectivity index (χ3v) is 1.01. The van der Waals surface area contributed by atoms with Gasteiger partial charge in [-0.05, 0) is 6.92 Å². The molecule has 0 aromatic carbocycles. The molecule has 50 valence electrons. The van der Waals surface area contributed by atoms with Crippen LogP contribution in [0.2, 0.25) is 0 Å². The lowest BCUT2D eigenvalue weighted by Gasteiger charge is -2.19. The Hall–Kier alpha value is -0.900. The van der Waals surface area contributed by atoms with E-state index in [0.29, 0.717) is 0 Å². The summed E-state index contributed by atoms with van der Waals surface area (Å²) in [6.45, 7) is 1.84. The Bertz CT molecular complexity index is 142. The fourth-order valence-electron chi connectivity index (χ4n) is 0.479. The molecule has 0 aromatic heterocycles. The van der Waals surface area contributed by atoms with E-state index in [4.69, 9.17) is 5.73 Å². The fourth-order valence-corrected chi connectivity index (χ4v) is 0.479. The Morgan fingerprint density at radius 3 is 2.22 bits per heavy atom. The molecule has 0 radical (unpaired) electrons. The van der Waals surface area contributed by atoms with E-state index in [2.05, 4.69) is 10.2 Å². The average molecular weight is 126 g/mol. The zero-order valence-corrected chi connectivity index (χ0v) is 5.57. The number of nitrogens with zero attached hydrogens (tertiary/aromatic N) is 3. The van der Waals surface area contributed by atoms with E-state index >= 15 is 0 Å². The van der Waals surface area contributed by atoms with E-state index < -0.39 is 5.54 Å². The molecule has 0 saturated heterocycles. The van der Waals surface area contributed by atoms with E-state index in [1.165, 1.54) is 5.12 Å². The van der Waals surface area contributed by atoms with Crippen molar-refractivity contribution in [2.45, 2.75) is 12.5 Å². The molecular weight excluding hydrogens is 116 g/mol. The summed E-state index contributed by atoms with van der Waals surface area (Å²) in [5, 5.41) is 9.20. The summed E-state index contributed by atoms with van der Waals surface area (Å²) in [6, 6.07) is 0. The van der Waals surface area contributed by atoms with Crippen LogP contribution in [-0.2, 0) is 0 Å². The van der Waals surface area contributed by atoms with Gasteiger partial charge in [-0.3, -0.25) is 0 Å². The van der Waals surface area contributed by atoms with Crippen molar-refractivity contribution in [2.24, 2.45) is 15.9 Å². The van der Waals surface area contributed by atoms with Gasteiger partial charge >= 0.3 is 0 Å². The monoisotopic (exact) mass is 126 g/mol. The summed E-state index contributed by atoms with van der Waals surface area (Å²) in [7, 11) is 1.75. The van der Waals surface area contributed by atoms with E-state index in [0.717, 1.165) is 0 Å². The third-order valence-electron chi connectivity index (χ3n) is 1.01. The van der Waals surface area contributed by atoms with Gasteiger partial charge in [-0.25, -0.2) is 0 Å². The van der Waals surface area contributed by atoms with Crippen molar-refractivity contribution in [1.29, 1.82) is 0 Å². The predicted molar refractivity (Wildman–Crippen MR) is 37.3 cm³/mol. The molecule has 9 heavy (non-hydrogen) atoms. The first kappa shape index (κ1) is 6.22. The van der Waals surface area contributed by atoms with Crippen LogP contribution in [-0.4, -0.2) is 30.1 Å². The molecule has 0 saturated carbocycles. The number of rotatable bonds is 0. The molecule has 1 heterocycles. The fraction of sp³-hybridized carbons (Fsp3) is 0.600. The van der Waals surface area contributed by atoms with Crippen molar-refractivity contribution in [3.63, 3.8) is 0 Å². The molecular formula is C5H10N4. The number of hydrazone groups is 2. The molecule has 1 rings (SSSR count). The first-order valence-electron chi connectivity index (χ1n) is 2.73. The highest BCUT2D eigenvalue weighted by atomic mass is 15.6. The van der Waals surface area contributed by atoms with Crippen molar-refractivity contribution in [1.82, 2.24) is 5.12 Å². The van der Waals surface area contributed by atoms with Gasteiger partial charge in [-0.2, -0.15) is 15.3 Å². The molecule has 0 amide bonds. The van der Waals surface area contributed by atoms with E-state index in [9.17, 15) is 0 Å². The standard InChI is InChI=1S/C5H10N4/c1-5(6)3-7-9(2)8-4-5/h3-4H,6H2,1-2H3. The van der Waals surface area contributed by atoms with Crippen LogP contribution in [0.5, 0.6) is 0 Å². The van der Waals surface area contributed by atoms with Crippen LogP contribution in [0.15, 0.2) is 10.2 Å². The lowest BCUT2D eigenvalue weighted by atomic mass is 10.1. The SMILES string of the molecule is CN1N=CC(C)(N)C=N1. The summed E-state index contributed by atoms with van der Waals surface area (Å²) in [4.78, 5) is 0. The normalized spacial score (nSPS) is 22.8. The van der Waals surface area contributed by atoms with Gasteiger partial charge in [0.15, 0.2) is 0 Å². The van der Waals surface area contributed by atoms with Gasteiger partial charge in [0.05, 0.1) is 18.0 Å². The van der Waals surface area contributed by atoms with Crippen LogP contribution in [0.3, 0.4) is 0 Å². The molecule has 0 unspecified atom stereocenters. The maximum atomic E-state index is 5.61. The highest BCUT2D eigenvalue weighted by molar-refractivity contribution is 5.94. The smallest absolute Gasteiger partial charge is 0.0880 e. The molecule has 0 aliphatic carbocycles. The van der Waals surface area contributed by atoms with Crippen LogP contribution in [0.1, 0.15) is 6.92 Å². The Balaban J connectivity index is 2.70. The Kier molecular flexibility index (Phi) is 1.25. The second kappa shape index (κ2) is 1.80. The summed E-state index contributed by atoms with van der Waals surface area (Å²) in [6.07, 6.45) is 3.31. The quantitative estimate of drug-likeness (QED) is 0.481.